The minimum absolute atomic E-state index is 0.0117. The molecule has 1 saturated heterocycles. The number of halogens is 1. The summed E-state index contributed by atoms with van der Waals surface area (Å²) in [6.45, 7) is 1.75. The Bertz CT molecular complexity index is 863. The Balaban J connectivity index is 1.83. The van der Waals surface area contributed by atoms with Crippen LogP contribution in [0.15, 0.2) is 41.4 Å². The van der Waals surface area contributed by atoms with Crippen LogP contribution in [0.2, 0.25) is 0 Å². The van der Waals surface area contributed by atoms with E-state index in [4.69, 9.17) is 0 Å². The fraction of sp³-hybridized carbons (Fsp3) is 0.312. The number of sulfonamides is 1. The third kappa shape index (κ3) is 2.18. The van der Waals surface area contributed by atoms with Gasteiger partial charge in [0.2, 0.25) is 0 Å². The smallest absolute Gasteiger partial charge is 0.266 e. The molecule has 2 aromatic rings. The van der Waals surface area contributed by atoms with Crippen LogP contribution in [0.1, 0.15) is 18.4 Å². The van der Waals surface area contributed by atoms with Crippen LogP contribution in [0.5, 0.6) is 0 Å². The van der Waals surface area contributed by atoms with Crippen molar-refractivity contribution in [3.63, 3.8) is 0 Å². The van der Waals surface area contributed by atoms with E-state index in [1.165, 1.54) is 22.5 Å². The molecule has 120 valence electrons. The lowest BCUT2D eigenvalue weighted by atomic mass is 10.2. The van der Waals surface area contributed by atoms with Crippen molar-refractivity contribution in [2.75, 3.05) is 22.3 Å². The Labute approximate surface area is 134 Å². The molecule has 1 aromatic heterocycles. The zero-order valence-corrected chi connectivity index (χ0v) is 13.3. The maximum atomic E-state index is 14.0. The third-order valence-electron chi connectivity index (χ3n) is 4.39. The highest BCUT2D eigenvalue weighted by molar-refractivity contribution is 7.93. The van der Waals surface area contributed by atoms with Gasteiger partial charge in [0.1, 0.15) is 5.82 Å². The molecule has 0 radical (unpaired) electrons. The summed E-state index contributed by atoms with van der Waals surface area (Å²) >= 11 is 0. The number of benzene rings is 1. The summed E-state index contributed by atoms with van der Waals surface area (Å²) in [6.07, 6.45) is 3.73. The van der Waals surface area contributed by atoms with Crippen molar-refractivity contribution in [1.29, 1.82) is 0 Å². The molecule has 2 aliphatic rings. The predicted molar refractivity (Wildman–Crippen MR) is 85.5 cm³/mol. The molecule has 2 aliphatic heterocycles. The highest BCUT2D eigenvalue weighted by Gasteiger charge is 2.39. The lowest BCUT2D eigenvalue weighted by Gasteiger charge is -2.25. The summed E-state index contributed by atoms with van der Waals surface area (Å²) in [4.78, 5) is 6.47. The molecule has 0 bridgehead atoms. The van der Waals surface area contributed by atoms with Crippen LogP contribution in [-0.2, 0) is 16.6 Å². The Morgan fingerprint density at radius 2 is 1.87 bits per heavy atom. The van der Waals surface area contributed by atoms with Crippen LogP contribution in [0, 0.1) is 5.82 Å². The van der Waals surface area contributed by atoms with Gasteiger partial charge in [0, 0.05) is 24.8 Å². The molecule has 0 unspecified atom stereocenters. The molecule has 0 atom stereocenters. The van der Waals surface area contributed by atoms with Gasteiger partial charge in [0.15, 0.2) is 5.82 Å². The maximum absolute atomic E-state index is 14.0. The van der Waals surface area contributed by atoms with E-state index in [1.54, 1.807) is 12.3 Å². The molecule has 0 amide bonds. The Morgan fingerprint density at radius 1 is 1.09 bits per heavy atom. The van der Waals surface area contributed by atoms with E-state index in [2.05, 4.69) is 9.88 Å². The van der Waals surface area contributed by atoms with E-state index in [0.717, 1.165) is 31.6 Å². The lowest BCUT2D eigenvalue weighted by molar-refractivity contribution is 0.595. The first kappa shape index (κ1) is 14.4. The minimum Gasteiger partial charge on any atom is -0.369 e. The van der Waals surface area contributed by atoms with Crippen LogP contribution in [0.4, 0.5) is 15.9 Å². The Hall–Kier alpha value is -2.15. The summed E-state index contributed by atoms with van der Waals surface area (Å²) in [6, 6.07) is 7.84. The molecule has 0 saturated carbocycles. The molecule has 7 heteroatoms. The normalized spacial score (nSPS) is 19.2. The molecule has 5 nitrogen and oxygen atoms in total. The molecular weight excluding hydrogens is 317 g/mol. The van der Waals surface area contributed by atoms with E-state index in [1.807, 2.05) is 6.07 Å². The van der Waals surface area contributed by atoms with E-state index in [9.17, 15) is 12.8 Å². The maximum Gasteiger partial charge on any atom is 0.266 e. The van der Waals surface area contributed by atoms with E-state index < -0.39 is 15.8 Å². The number of pyridine rings is 1. The van der Waals surface area contributed by atoms with Crippen molar-refractivity contribution < 1.29 is 12.8 Å². The van der Waals surface area contributed by atoms with Crippen LogP contribution >= 0.6 is 0 Å². The summed E-state index contributed by atoms with van der Waals surface area (Å²) in [5.74, 6) is -0.114. The second-order valence-corrected chi connectivity index (χ2v) is 7.60. The molecule has 23 heavy (non-hydrogen) atoms. The van der Waals surface area contributed by atoms with Crippen molar-refractivity contribution in [3.05, 3.63) is 47.9 Å². The van der Waals surface area contributed by atoms with Crippen molar-refractivity contribution in [1.82, 2.24) is 4.98 Å². The second-order valence-electron chi connectivity index (χ2n) is 5.77. The standard InChI is InChI=1S/C16H16FN3O2S/c17-13-5-3-7-15-12(13)11-20(23(15,21)22)16-14(6-4-8-18-16)19-9-1-2-10-19/h3-8H,1-2,9-11H2. The van der Waals surface area contributed by atoms with Crippen LogP contribution in [0.3, 0.4) is 0 Å². The van der Waals surface area contributed by atoms with Gasteiger partial charge in [0.05, 0.1) is 17.1 Å². The Kier molecular flexibility index (Phi) is 3.26. The van der Waals surface area contributed by atoms with Gasteiger partial charge < -0.3 is 4.90 Å². The monoisotopic (exact) mass is 333 g/mol. The summed E-state index contributed by atoms with van der Waals surface area (Å²) in [5.41, 5.74) is 1.01. The number of hydrogen-bond acceptors (Lipinski definition) is 4. The molecule has 0 spiro atoms. The third-order valence-corrected chi connectivity index (χ3v) is 6.22. The highest BCUT2D eigenvalue weighted by atomic mass is 32.2. The first-order chi connectivity index (χ1) is 11.1. The predicted octanol–water partition coefficient (Wildman–Crippen LogP) is 2.53. The molecule has 0 aliphatic carbocycles. The van der Waals surface area contributed by atoms with Crippen molar-refractivity contribution in [3.8, 4) is 0 Å². The minimum atomic E-state index is -3.77. The van der Waals surface area contributed by atoms with Gasteiger partial charge in [-0.3, -0.25) is 0 Å². The number of anilines is 2. The quantitative estimate of drug-likeness (QED) is 0.847. The fourth-order valence-electron chi connectivity index (χ4n) is 3.26. The molecule has 4 rings (SSSR count). The number of nitrogens with zero attached hydrogens (tertiary/aromatic N) is 3. The molecule has 3 heterocycles. The summed E-state index contributed by atoms with van der Waals surface area (Å²) in [7, 11) is -3.77. The van der Waals surface area contributed by atoms with Crippen molar-refractivity contribution in [2.45, 2.75) is 24.3 Å². The lowest BCUT2D eigenvalue weighted by Crippen LogP contribution is -2.28. The van der Waals surface area contributed by atoms with Crippen molar-refractivity contribution in [2.24, 2.45) is 0 Å². The molecule has 1 aromatic carbocycles. The number of aromatic nitrogens is 1. The Morgan fingerprint density at radius 3 is 2.61 bits per heavy atom. The fourth-order valence-corrected chi connectivity index (χ4v) is 4.88. The van der Waals surface area contributed by atoms with E-state index in [-0.39, 0.29) is 17.0 Å². The first-order valence-electron chi connectivity index (χ1n) is 7.59. The van der Waals surface area contributed by atoms with Crippen LogP contribution in [-0.4, -0.2) is 26.5 Å². The van der Waals surface area contributed by atoms with Gasteiger partial charge in [-0.25, -0.2) is 22.1 Å². The SMILES string of the molecule is O=S1(=O)c2cccc(F)c2CN1c1ncccc1N1CCCC1. The number of hydrogen-bond donors (Lipinski definition) is 0. The molecule has 1 fully saturated rings. The average molecular weight is 333 g/mol. The van der Waals surface area contributed by atoms with Gasteiger partial charge >= 0.3 is 0 Å². The second kappa shape index (κ2) is 5.19. The van der Waals surface area contributed by atoms with Gasteiger partial charge in [-0.15, -0.1) is 0 Å². The zero-order chi connectivity index (χ0) is 16.0. The van der Waals surface area contributed by atoms with Gasteiger partial charge in [-0.05, 0) is 37.1 Å². The molecular formula is C16H16FN3O2S. The van der Waals surface area contributed by atoms with Crippen LogP contribution in [0.25, 0.3) is 0 Å². The number of rotatable bonds is 2. The summed E-state index contributed by atoms with van der Waals surface area (Å²) < 4.78 is 40.8. The summed E-state index contributed by atoms with van der Waals surface area (Å²) in [5, 5.41) is 0. The van der Waals surface area contributed by atoms with Crippen molar-refractivity contribution >= 4 is 21.5 Å². The van der Waals surface area contributed by atoms with Gasteiger partial charge in [-0.1, -0.05) is 6.07 Å². The van der Waals surface area contributed by atoms with Gasteiger partial charge in [0.25, 0.3) is 10.0 Å². The largest absolute Gasteiger partial charge is 0.369 e. The average Bonchev–Trinajstić information content (AvgIpc) is 3.15. The zero-order valence-electron chi connectivity index (χ0n) is 12.4. The van der Waals surface area contributed by atoms with Gasteiger partial charge in [-0.2, -0.15) is 0 Å². The topological polar surface area (TPSA) is 53.5 Å². The molecule has 0 N–H and O–H groups in total. The van der Waals surface area contributed by atoms with Crippen LogP contribution < -0.4 is 9.21 Å². The van der Waals surface area contributed by atoms with E-state index in [0.29, 0.717) is 5.82 Å². The number of fused-ring (bicyclic) bond motifs is 1. The first-order valence-corrected chi connectivity index (χ1v) is 9.03. The van der Waals surface area contributed by atoms with E-state index >= 15 is 0 Å². The highest BCUT2D eigenvalue weighted by Crippen LogP contribution is 2.39.